The Morgan fingerprint density at radius 3 is 2.29 bits per heavy atom. The van der Waals surface area contributed by atoms with Gasteiger partial charge >= 0.3 is 0 Å². The van der Waals surface area contributed by atoms with E-state index in [2.05, 4.69) is 12.2 Å². The van der Waals surface area contributed by atoms with Gasteiger partial charge in [0.15, 0.2) is 0 Å². The zero-order valence-electron chi connectivity index (χ0n) is 11.1. The Balaban J connectivity index is 1.61. The molecule has 0 bridgehead atoms. The van der Waals surface area contributed by atoms with E-state index in [4.69, 9.17) is 9.47 Å². The van der Waals surface area contributed by atoms with Crippen molar-refractivity contribution in [3.8, 4) is 0 Å². The lowest BCUT2D eigenvalue weighted by Crippen LogP contribution is -2.37. The maximum atomic E-state index is 6.18. The van der Waals surface area contributed by atoms with Crippen molar-refractivity contribution < 1.29 is 9.47 Å². The van der Waals surface area contributed by atoms with Crippen LogP contribution in [0.5, 0.6) is 0 Å². The molecule has 1 N–H and O–H groups in total. The van der Waals surface area contributed by atoms with Crippen molar-refractivity contribution in [2.45, 2.75) is 70.1 Å². The second-order valence-electron chi connectivity index (χ2n) is 5.38. The van der Waals surface area contributed by atoms with E-state index >= 15 is 0 Å². The smallest absolute Gasteiger partial charge is 0.0622 e. The van der Waals surface area contributed by atoms with Crippen LogP contribution in [0, 0.1) is 0 Å². The third-order valence-electron chi connectivity index (χ3n) is 3.91. The molecular formula is C14H27NO2. The van der Waals surface area contributed by atoms with Gasteiger partial charge in [0.1, 0.15) is 0 Å². The van der Waals surface area contributed by atoms with E-state index in [9.17, 15) is 0 Å². The van der Waals surface area contributed by atoms with Crippen LogP contribution < -0.4 is 5.32 Å². The van der Waals surface area contributed by atoms with E-state index in [-0.39, 0.29) is 0 Å². The first-order valence-electron chi connectivity index (χ1n) is 7.35. The predicted molar refractivity (Wildman–Crippen MR) is 69.3 cm³/mol. The average Bonchev–Trinajstić information content (AvgIpc) is 2.39. The van der Waals surface area contributed by atoms with E-state index in [0.717, 1.165) is 38.6 Å². The fraction of sp³-hybridized carbons (Fsp3) is 1.00. The molecule has 3 heteroatoms. The van der Waals surface area contributed by atoms with Crippen molar-refractivity contribution in [3.05, 3.63) is 0 Å². The van der Waals surface area contributed by atoms with Gasteiger partial charge in [-0.05, 0) is 51.5 Å². The largest absolute Gasteiger partial charge is 0.381 e. The van der Waals surface area contributed by atoms with Gasteiger partial charge in [-0.1, -0.05) is 6.92 Å². The van der Waals surface area contributed by atoms with Crippen LogP contribution in [0.15, 0.2) is 0 Å². The Morgan fingerprint density at radius 2 is 1.65 bits per heavy atom. The highest BCUT2D eigenvalue weighted by Crippen LogP contribution is 2.24. The molecule has 1 saturated heterocycles. The molecule has 0 radical (unpaired) electrons. The molecule has 1 aliphatic heterocycles. The topological polar surface area (TPSA) is 30.5 Å². The Hall–Kier alpha value is -0.120. The molecule has 1 saturated carbocycles. The van der Waals surface area contributed by atoms with Crippen LogP contribution >= 0.6 is 0 Å². The summed E-state index contributed by atoms with van der Waals surface area (Å²) in [6, 6.07) is 0.740. The van der Waals surface area contributed by atoms with Gasteiger partial charge < -0.3 is 14.8 Å². The maximum Gasteiger partial charge on any atom is 0.0622 e. The molecule has 0 spiro atoms. The van der Waals surface area contributed by atoms with Crippen LogP contribution in [-0.4, -0.2) is 38.0 Å². The van der Waals surface area contributed by atoms with E-state index in [1.165, 1.54) is 32.1 Å². The zero-order valence-corrected chi connectivity index (χ0v) is 11.1. The first kappa shape index (κ1) is 13.3. The van der Waals surface area contributed by atoms with E-state index in [1.54, 1.807) is 0 Å². The lowest BCUT2D eigenvalue weighted by molar-refractivity contribution is -0.0800. The number of hydrogen-bond acceptors (Lipinski definition) is 3. The van der Waals surface area contributed by atoms with Gasteiger partial charge in [0.05, 0.1) is 12.2 Å². The molecule has 0 aromatic carbocycles. The highest BCUT2D eigenvalue weighted by Gasteiger charge is 2.24. The third kappa shape index (κ3) is 4.57. The van der Waals surface area contributed by atoms with Gasteiger partial charge in [-0.25, -0.2) is 0 Å². The van der Waals surface area contributed by atoms with Gasteiger partial charge in [0, 0.05) is 19.3 Å². The Bertz CT molecular complexity index is 196. The monoisotopic (exact) mass is 241 g/mol. The number of hydrogen-bond donors (Lipinski definition) is 1. The van der Waals surface area contributed by atoms with Crippen molar-refractivity contribution in [2.24, 2.45) is 0 Å². The summed E-state index contributed by atoms with van der Waals surface area (Å²) in [5.74, 6) is 0. The summed E-state index contributed by atoms with van der Waals surface area (Å²) < 4.78 is 11.5. The van der Waals surface area contributed by atoms with Crippen molar-refractivity contribution in [2.75, 3.05) is 19.8 Å². The minimum absolute atomic E-state index is 0.467. The van der Waals surface area contributed by atoms with Crippen molar-refractivity contribution in [1.29, 1.82) is 0 Å². The minimum Gasteiger partial charge on any atom is -0.381 e. The summed E-state index contributed by atoms with van der Waals surface area (Å²) >= 11 is 0. The standard InChI is InChI=1S/C14H27NO2/c1-2-9-15-12-3-5-13(6-4-12)17-14-7-10-16-11-8-14/h12-15H,2-11H2,1H3. The summed E-state index contributed by atoms with van der Waals surface area (Å²) in [6.07, 6.45) is 9.44. The van der Waals surface area contributed by atoms with E-state index < -0.39 is 0 Å². The molecule has 17 heavy (non-hydrogen) atoms. The second kappa shape index (κ2) is 7.34. The average molecular weight is 241 g/mol. The first-order valence-corrected chi connectivity index (χ1v) is 7.35. The highest BCUT2D eigenvalue weighted by atomic mass is 16.5. The van der Waals surface area contributed by atoms with E-state index in [0.29, 0.717) is 12.2 Å². The van der Waals surface area contributed by atoms with Gasteiger partial charge in [-0.2, -0.15) is 0 Å². The van der Waals surface area contributed by atoms with Crippen LogP contribution in [-0.2, 0) is 9.47 Å². The molecular weight excluding hydrogens is 214 g/mol. The number of ether oxygens (including phenoxy) is 2. The van der Waals surface area contributed by atoms with Crippen LogP contribution in [0.1, 0.15) is 51.9 Å². The van der Waals surface area contributed by atoms with Gasteiger partial charge in [0.2, 0.25) is 0 Å². The molecule has 0 aromatic rings. The summed E-state index contributed by atoms with van der Waals surface area (Å²) in [4.78, 5) is 0. The zero-order chi connectivity index (χ0) is 11.9. The SMILES string of the molecule is CCCNC1CCC(OC2CCOCC2)CC1. The molecule has 3 nitrogen and oxygen atoms in total. The molecule has 1 heterocycles. The van der Waals surface area contributed by atoms with Gasteiger partial charge in [-0.3, -0.25) is 0 Å². The summed E-state index contributed by atoms with van der Waals surface area (Å²) in [6.45, 7) is 5.17. The Morgan fingerprint density at radius 1 is 1.00 bits per heavy atom. The van der Waals surface area contributed by atoms with E-state index in [1.807, 2.05) is 0 Å². The first-order chi connectivity index (χ1) is 8.38. The number of nitrogens with one attached hydrogen (secondary N) is 1. The Kier molecular flexibility index (Phi) is 5.75. The van der Waals surface area contributed by atoms with Crippen molar-refractivity contribution >= 4 is 0 Å². The van der Waals surface area contributed by atoms with Gasteiger partial charge in [0.25, 0.3) is 0 Å². The molecule has 2 rings (SSSR count). The second-order valence-corrected chi connectivity index (χ2v) is 5.38. The molecule has 0 amide bonds. The Labute approximate surface area is 105 Å². The fourth-order valence-corrected chi connectivity index (χ4v) is 2.84. The number of rotatable bonds is 5. The molecule has 0 unspecified atom stereocenters. The molecule has 0 atom stereocenters. The lowest BCUT2D eigenvalue weighted by Gasteiger charge is -2.33. The molecule has 0 aromatic heterocycles. The quantitative estimate of drug-likeness (QED) is 0.802. The molecule has 1 aliphatic carbocycles. The lowest BCUT2D eigenvalue weighted by atomic mass is 9.92. The highest BCUT2D eigenvalue weighted by molar-refractivity contribution is 4.78. The predicted octanol–water partition coefficient (Wildman–Crippen LogP) is 2.49. The summed E-state index contributed by atoms with van der Waals surface area (Å²) in [5.41, 5.74) is 0. The molecule has 100 valence electrons. The fourth-order valence-electron chi connectivity index (χ4n) is 2.84. The molecule has 2 fully saturated rings. The van der Waals surface area contributed by atoms with Crippen LogP contribution in [0.2, 0.25) is 0 Å². The van der Waals surface area contributed by atoms with Crippen LogP contribution in [0.25, 0.3) is 0 Å². The normalized spacial score (nSPS) is 31.6. The minimum atomic E-state index is 0.467. The third-order valence-corrected chi connectivity index (χ3v) is 3.91. The van der Waals surface area contributed by atoms with Crippen molar-refractivity contribution in [3.63, 3.8) is 0 Å². The van der Waals surface area contributed by atoms with Crippen LogP contribution in [0.3, 0.4) is 0 Å². The van der Waals surface area contributed by atoms with Gasteiger partial charge in [-0.15, -0.1) is 0 Å². The summed E-state index contributed by atoms with van der Waals surface area (Å²) in [7, 11) is 0. The molecule has 2 aliphatic rings. The summed E-state index contributed by atoms with van der Waals surface area (Å²) in [5, 5.41) is 3.62. The maximum absolute atomic E-state index is 6.18. The van der Waals surface area contributed by atoms with Crippen LogP contribution in [0.4, 0.5) is 0 Å². The van der Waals surface area contributed by atoms with Crippen molar-refractivity contribution in [1.82, 2.24) is 5.32 Å².